The Morgan fingerprint density at radius 1 is 0.683 bits per heavy atom. The molecule has 6 N–H and O–H groups in total. The molecule has 17 heteroatoms. The van der Waals surface area contributed by atoms with Gasteiger partial charge in [0.2, 0.25) is 31.0 Å². The lowest BCUT2D eigenvalue weighted by molar-refractivity contribution is -0.131. The third kappa shape index (κ3) is 15.8. The molecule has 0 saturated carbocycles. The van der Waals surface area contributed by atoms with Gasteiger partial charge in [-0.3, -0.25) is 38.2 Å². The summed E-state index contributed by atoms with van der Waals surface area (Å²) >= 11 is 0. The minimum atomic E-state index is -4.18. The van der Waals surface area contributed by atoms with Crippen molar-refractivity contribution in [1.82, 2.24) is 31.5 Å². The molecule has 330 valence electrons. The maximum Gasteiger partial charge on any atom is 0.408 e. The van der Waals surface area contributed by atoms with Crippen LogP contribution in [0.4, 0.5) is 4.79 Å². The minimum Gasteiger partial charge on any atom is -0.445 e. The van der Waals surface area contributed by atoms with Gasteiger partial charge in [-0.2, -0.15) is 0 Å². The molecule has 7 amide bonds. The highest BCUT2D eigenvalue weighted by Gasteiger charge is 2.36. The summed E-state index contributed by atoms with van der Waals surface area (Å²) in [4.78, 5) is 104. The highest BCUT2D eigenvalue weighted by molar-refractivity contribution is 7.58. The smallest absolute Gasteiger partial charge is 0.408 e. The number of fused-ring (bicyclic) bond motifs is 1. The number of alkyl carbamates (subject to hydrolysis) is 1. The SMILES string of the molecule is CNC(=O)[C@H](CC(C)C)NC(=O)C(CC(C)C)CP(=O)(O)CNC(=O)[C@H](CC(C)C)NC(=O)[C@H](CCCCN1C(=O)c2ccccc2C1=O)NC(=O)OCc1ccccc1. The topological polar surface area (TPSA) is 229 Å². The number of likely N-dealkylation sites (N-methyl/N-ethyl adjacent to an activating group) is 1. The first kappa shape index (κ1) is 49.3. The van der Waals surface area contributed by atoms with E-state index in [0.29, 0.717) is 30.4 Å². The Hall–Kier alpha value is -5.08. The van der Waals surface area contributed by atoms with Crippen LogP contribution in [0.3, 0.4) is 0 Å². The number of benzene rings is 2. The second-order valence-electron chi connectivity index (χ2n) is 16.6. The van der Waals surface area contributed by atoms with Crippen molar-refractivity contribution in [1.29, 1.82) is 0 Å². The summed E-state index contributed by atoms with van der Waals surface area (Å²) in [5.41, 5.74) is 1.37. The fourth-order valence-corrected chi connectivity index (χ4v) is 8.48. The predicted molar refractivity (Wildman–Crippen MR) is 227 cm³/mol. The lowest BCUT2D eigenvalue weighted by atomic mass is 9.96. The van der Waals surface area contributed by atoms with Crippen molar-refractivity contribution in [3.63, 3.8) is 0 Å². The van der Waals surface area contributed by atoms with E-state index in [1.165, 1.54) is 7.05 Å². The summed E-state index contributed by atoms with van der Waals surface area (Å²) in [6.45, 7) is 11.3. The van der Waals surface area contributed by atoms with Crippen LogP contribution in [0.1, 0.15) is 106 Å². The Labute approximate surface area is 353 Å². The summed E-state index contributed by atoms with van der Waals surface area (Å²) in [6, 6.07) is 12.3. The molecular weight excluding hydrogens is 791 g/mol. The quantitative estimate of drug-likeness (QED) is 0.0490. The third-order valence-corrected chi connectivity index (χ3v) is 11.5. The Balaban J connectivity index is 1.70. The number of hydrogen-bond acceptors (Lipinski definition) is 9. The molecule has 0 radical (unpaired) electrons. The zero-order valence-corrected chi connectivity index (χ0v) is 36.7. The number of amides is 7. The van der Waals surface area contributed by atoms with Crippen molar-refractivity contribution in [2.45, 2.75) is 105 Å². The van der Waals surface area contributed by atoms with Crippen LogP contribution in [-0.4, -0.2) is 95.5 Å². The summed E-state index contributed by atoms with van der Waals surface area (Å²) in [7, 11) is -2.71. The van der Waals surface area contributed by atoms with Gasteiger partial charge in [-0.1, -0.05) is 84.0 Å². The molecular formula is C43H63N6O10P. The molecule has 1 aliphatic heterocycles. The lowest BCUT2D eigenvalue weighted by Crippen LogP contribution is -2.54. The molecule has 0 fully saturated rings. The van der Waals surface area contributed by atoms with Crippen LogP contribution >= 0.6 is 7.37 Å². The first-order valence-corrected chi connectivity index (χ1v) is 22.7. The highest BCUT2D eigenvalue weighted by atomic mass is 31.2. The van der Waals surface area contributed by atoms with Gasteiger partial charge in [0.15, 0.2) is 0 Å². The maximum absolute atomic E-state index is 13.8. The van der Waals surface area contributed by atoms with Gasteiger partial charge in [0, 0.05) is 25.7 Å². The maximum atomic E-state index is 13.8. The van der Waals surface area contributed by atoms with E-state index in [9.17, 15) is 43.0 Å². The van der Waals surface area contributed by atoms with Crippen molar-refractivity contribution in [2.75, 3.05) is 26.0 Å². The van der Waals surface area contributed by atoms with Gasteiger partial charge < -0.3 is 36.2 Å². The normalized spacial score (nSPS) is 15.4. The van der Waals surface area contributed by atoms with E-state index >= 15 is 0 Å². The molecule has 60 heavy (non-hydrogen) atoms. The van der Waals surface area contributed by atoms with E-state index in [0.717, 1.165) is 10.5 Å². The van der Waals surface area contributed by atoms with E-state index in [-0.39, 0.29) is 56.1 Å². The summed E-state index contributed by atoms with van der Waals surface area (Å²) in [6.07, 6.45) is -0.537. The molecule has 0 aliphatic carbocycles. The van der Waals surface area contributed by atoms with Gasteiger partial charge in [-0.15, -0.1) is 0 Å². The average molecular weight is 855 g/mol. The number of rotatable bonds is 24. The van der Waals surface area contributed by atoms with Gasteiger partial charge in [-0.25, -0.2) is 4.79 Å². The largest absolute Gasteiger partial charge is 0.445 e. The van der Waals surface area contributed by atoms with Crippen LogP contribution in [0.25, 0.3) is 0 Å². The fourth-order valence-electron chi connectivity index (χ4n) is 6.95. The van der Waals surface area contributed by atoms with Crippen molar-refractivity contribution in [3.8, 4) is 0 Å². The number of carbonyl (C=O) groups excluding carboxylic acids is 7. The molecule has 2 aromatic carbocycles. The van der Waals surface area contributed by atoms with Crippen LogP contribution in [0.2, 0.25) is 0 Å². The average Bonchev–Trinajstić information content (AvgIpc) is 3.43. The molecule has 1 heterocycles. The van der Waals surface area contributed by atoms with Crippen LogP contribution in [0.5, 0.6) is 0 Å². The zero-order chi connectivity index (χ0) is 44.6. The first-order chi connectivity index (χ1) is 28.3. The predicted octanol–water partition coefficient (Wildman–Crippen LogP) is 4.56. The lowest BCUT2D eigenvalue weighted by Gasteiger charge is -2.26. The molecule has 0 aromatic heterocycles. The second-order valence-corrected chi connectivity index (χ2v) is 19.0. The van der Waals surface area contributed by atoms with Gasteiger partial charge >= 0.3 is 6.09 Å². The summed E-state index contributed by atoms with van der Waals surface area (Å²) < 4.78 is 18.9. The van der Waals surface area contributed by atoms with E-state index in [1.807, 2.05) is 47.6 Å². The van der Waals surface area contributed by atoms with E-state index in [1.54, 1.807) is 48.5 Å². The fraction of sp³-hybridized carbons (Fsp3) is 0.558. The van der Waals surface area contributed by atoms with E-state index in [2.05, 4.69) is 26.6 Å². The van der Waals surface area contributed by atoms with Crippen LogP contribution in [-0.2, 0) is 35.1 Å². The number of ether oxygens (including phenoxy) is 1. The minimum absolute atomic E-state index is 0.0240. The number of nitrogens with zero attached hydrogens (tertiary/aromatic N) is 1. The third-order valence-electron chi connectivity index (χ3n) is 9.88. The second kappa shape index (κ2) is 23.6. The number of hydrogen-bond donors (Lipinski definition) is 6. The van der Waals surface area contributed by atoms with Crippen molar-refractivity contribution in [3.05, 3.63) is 71.3 Å². The van der Waals surface area contributed by atoms with Crippen molar-refractivity contribution in [2.24, 2.45) is 23.7 Å². The van der Waals surface area contributed by atoms with Crippen LogP contribution in [0.15, 0.2) is 54.6 Å². The molecule has 5 atom stereocenters. The Morgan fingerprint density at radius 3 is 1.77 bits per heavy atom. The van der Waals surface area contributed by atoms with Crippen LogP contribution < -0.4 is 26.6 Å². The first-order valence-electron chi connectivity index (χ1n) is 20.6. The number of carbonyl (C=O) groups is 7. The molecule has 16 nitrogen and oxygen atoms in total. The van der Waals surface area contributed by atoms with E-state index in [4.69, 9.17) is 4.74 Å². The van der Waals surface area contributed by atoms with E-state index < -0.39 is 79.5 Å². The standard InChI is InChI=1S/C43H63N6O10P/c1-27(2)21-31(37(50)46-35(22-28(3)4)38(51)44-7)25-60(57,58)26-45-39(52)36(23-29(5)6)47-40(53)34(48-43(56)59-24-30-15-9-8-10-16-30)19-13-14-20-49-41(54)32-17-11-12-18-33(32)42(49)55/h8-12,15-18,27-29,31,34-36H,13-14,19-26H2,1-7H3,(H,44,51)(H,45,52)(H,46,50)(H,47,53)(H,48,56)(H,57,58)/t31?,34-,35-,36-/m0/s1. The number of nitrogens with one attached hydrogen (secondary N) is 5. The van der Waals surface area contributed by atoms with Gasteiger partial charge in [0.05, 0.1) is 17.4 Å². The molecule has 2 aromatic rings. The van der Waals surface area contributed by atoms with Gasteiger partial charge in [0.1, 0.15) is 24.7 Å². The number of unbranched alkanes of at least 4 members (excludes halogenated alkanes) is 1. The molecule has 0 bridgehead atoms. The Kier molecular flexibility index (Phi) is 19.4. The summed E-state index contributed by atoms with van der Waals surface area (Å²) in [5, 5.41) is 13.1. The van der Waals surface area contributed by atoms with Crippen molar-refractivity contribution >= 4 is 48.9 Å². The monoisotopic (exact) mass is 854 g/mol. The van der Waals surface area contributed by atoms with Gasteiger partial charge in [-0.05, 0) is 74.0 Å². The molecule has 0 saturated heterocycles. The molecule has 0 spiro atoms. The highest BCUT2D eigenvalue weighted by Crippen LogP contribution is 2.42. The number of imide groups is 1. The van der Waals surface area contributed by atoms with Gasteiger partial charge in [0.25, 0.3) is 11.8 Å². The van der Waals surface area contributed by atoms with Crippen LogP contribution in [0, 0.1) is 23.7 Å². The molecule has 2 unspecified atom stereocenters. The zero-order valence-electron chi connectivity index (χ0n) is 35.8. The Bertz CT molecular complexity index is 1820. The molecule has 3 rings (SSSR count). The molecule has 1 aliphatic rings. The van der Waals surface area contributed by atoms with Crippen molar-refractivity contribution < 1.29 is 47.8 Å². The summed E-state index contributed by atoms with van der Waals surface area (Å²) in [5.74, 6) is -4.12. The Morgan fingerprint density at radius 2 is 1.22 bits per heavy atom.